The van der Waals surface area contributed by atoms with E-state index < -0.39 is 11.9 Å². The van der Waals surface area contributed by atoms with Gasteiger partial charge in [0.25, 0.3) is 0 Å². The number of hydrogen-bond donors (Lipinski definition) is 2. The van der Waals surface area contributed by atoms with Crippen LogP contribution in [-0.4, -0.2) is 29.3 Å². The van der Waals surface area contributed by atoms with Gasteiger partial charge in [0.1, 0.15) is 5.60 Å². The predicted molar refractivity (Wildman–Crippen MR) is 105 cm³/mol. The van der Waals surface area contributed by atoms with Crippen LogP contribution in [0.2, 0.25) is 0 Å². The van der Waals surface area contributed by atoms with Crippen molar-refractivity contribution >= 4 is 0 Å². The summed E-state index contributed by atoms with van der Waals surface area (Å²) in [6.07, 6.45) is 2.80. The minimum Gasteiger partial charge on any atom is -0.379 e. The molecule has 3 aromatic rings. The van der Waals surface area contributed by atoms with Crippen LogP contribution in [-0.2, 0) is 15.1 Å². The Morgan fingerprint density at radius 3 is 2.41 bits per heavy atom. The maximum absolute atomic E-state index is 11.5. The molecule has 5 heteroatoms. The Morgan fingerprint density at radius 2 is 1.78 bits per heavy atom. The third-order valence-corrected chi connectivity index (χ3v) is 5.00. The van der Waals surface area contributed by atoms with Crippen molar-refractivity contribution in [1.29, 1.82) is 0 Å². The molecule has 3 rings (SSSR count). The number of ether oxygens (including phenoxy) is 2. The quantitative estimate of drug-likeness (QED) is 0.613. The molecule has 1 unspecified atom stereocenters. The number of aromatic nitrogens is 2. The third kappa shape index (κ3) is 3.54. The molecule has 0 saturated carbocycles. The van der Waals surface area contributed by atoms with Crippen LogP contribution in [0.5, 0.6) is 0 Å². The van der Waals surface area contributed by atoms with E-state index in [1.165, 1.54) is 0 Å². The molecule has 1 heterocycles. The molecular weight excluding hydrogens is 340 g/mol. The van der Waals surface area contributed by atoms with Gasteiger partial charge in [0, 0.05) is 19.8 Å². The van der Waals surface area contributed by atoms with Crippen molar-refractivity contribution < 1.29 is 14.6 Å². The van der Waals surface area contributed by atoms with Crippen LogP contribution in [0.15, 0.2) is 61.1 Å². The predicted octanol–water partition coefficient (Wildman–Crippen LogP) is 4.26. The number of methoxy groups -OCH3 is 2. The molecule has 0 saturated heterocycles. The molecule has 0 fully saturated rings. The van der Waals surface area contributed by atoms with Crippen LogP contribution in [0.3, 0.4) is 0 Å². The first-order chi connectivity index (χ1) is 13.0. The van der Waals surface area contributed by atoms with Crippen molar-refractivity contribution in [2.24, 2.45) is 5.92 Å². The van der Waals surface area contributed by atoms with Crippen LogP contribution in [0, 0.1) is 5.92 Å². The smallest absolute Gasteiger partial charge is 0.183 e. The standard InChI is InChI=1S/C22H26N2O3/c1-15(2)22(25,20-13-23-14-24-20)17-9-7-8-16(12-17)18-10-5-6-11-19(18)21(26-3)27-4/h5-15,21,25H,1-4H3,(H,23,24). The molecule has 0 bridgehead atoms. The first kappa shape index (κ1) is 19.3. The number of nitrogens with zero attached hydrogens (tertiary/aromatic N) is 1. The van der Waals surface area contributed by atoms with E-state index in [2.05, 4.69) is 9.97 Å². The topological polar surface area (TPSA) is 67.4 Å². The fraction of sp³-hybridized carbons (Fsp3) is 0.318. The van der Waals surface area contributed by atoms with E-state index in [0.717, 1.165) is 22.3 Å². The fourth-order valence-corrected chi connectivity index (χ4v) is 3.50. The second-order valence-electron chi connectivity index (χ2n) is 6.86. The highest BCUT2D eigenvalue weighted by Crippen LogP contribution is 2.38. The van der Waals surface area contributed by atoms with Gasteiger partial charge in [-0.05, 0) is 28.7 Å². The van der Waals surface area contributed by atoms with E-state index in [1.54, 1.807) is 26.7 Å². The summed E-state index contributed by atoms with van der Waals surface area (Å²) in [6, 6.07) is 15.9. The maximum Gasteiger partial charge on any atom is 0.183 e. The highest BCUT2D eigenvalue weighted by molar-refractivity contribution is 5.68. The van der Waals surface area contributed by atoms with E-state index in [9.17, 15) is 5.11 Å². The lowest BCUT2D eigenvalue weighted by molar-refractivity contribution is -0.105. The van der Waals surface area contributed by atoms with Gasteiger partial charge in [0.2, 0.25) is 0 Å². The molecule has 142 valence electrons. The average Bonchev–Trinajstić information content (AvgIpc) is 3.24. The summed E-state index contributed by atoms with van der Waals surface area (Å²) in [5.41, 5.74) is 3.25. The lowest BCUT2D eigenvalue weighted by atomic mass is 9.80. The van der Waals surface area contributed by atoms with Crippen molar-refractivity contribution in [2.75, 3.05) is 14.2 Å². The van der Waals surface area contributed by atoms with Gasteiger partial charge in [-0.1, -0.05) is 56.3 Å². The molecule has 27 heavy (non-hydrogen) atoms. The van der Waals surface area contributed by atoms with Crippen LogP contribution >= 0.6 is 0 Å². The maximum atomic E-state index is 11.5. The molecule has 1 aromatic heterocycles. The fourth-order valence-electron chi connectivity index (χ4n) is 3.50. The van der Waals surface area contributed by atoms with E-state index >= 15 is 0 Å². The molecule has 0 spiro atoms. The first-order valence-corrected chi connectivity index (χ1v) is 8.99. The van der Waals surface area contributed by atoms with Gasteiger partial charge >= 0.3 is 0 Å². The second kappa shape index (κ2) is 8.05. The van der Waals surface area contributed by atoms with Crippen molar-refractivity contribution in [2.45, 2.75) is 25.7 Å². The summed E-state index contributed by atoms with van der Waals surface area (Å²) in [5, 5.41) is 11.5. The number of aliphatic hydroxyl groups is 1. The molecule has 2 aromatic carbocycles. The van der Waals surface area contributed by atoms with Gasteiger partial charge in [-0.3, -0.25) is 0 Å². The summed E-state index contributed by atoms with van der Waals surface area (Å²) in [4.78, 5) is 7.15. The van der Waals surface area contributed by atoms with Gasteiger partial charge in [-0.25, -0.2) is 4.98 Å². The number of benzene rings is 2. The molecule has 5 nitrogen and oxygen atoms in total. The van der Waals surface area contributed by atoms with Crippen LogP contribution in [0.25, 0.3) is 11.1 Å². The summed E-state index contributed by atoms with van der Waals surface area (Å²) in [5.74, 6) is -0.0471. The number of nitrogens with one attached hydrogen (secondary N) is 1. The first-order valence-electron chi connectivity index (χ1n) is 8.99. The molecule has 0 aliphatic carbocycles. The van der Waals surface area contributed by atoms with Crippen molar-refractivity contribution in [3.8, 4) is 11.1 Å². The SMILES string of the molecule is COC(OC)c1ccccc1-c1cccc(C(O)(c2cnc[nH]2)C(C)C)c1. The lowest BCUT2D eigenvalue weighted by Crippen LogP contribution is -2.33. The number of hydrogen-bond acceptors (Lipinski definition) is 4. The van der Waals surface area contributed by atoms with E-state index in [0.29, 0.717) is 5.69 Å². The molecule has 1 atom stereocenters. The van der Waals surface area contributed by atoms with E-state index in [4.69, 9.17) is 9.47 Å². The van der Waals surface area contributed by atoms with Crippen LogP contribution in [0.1, 0.15) is 37.0 Å². The van der Waals surface area contributed by atoms with E-state index in [-0.39, 0.29) is 5.92 Å². The minimum absolute atomic E-state index is 0.0471. The Balaban J connectivity index is 2.12. The Labute approximate surface area is 160 Å². The van der Waals surface area contributed by atoms with Crippen molar-refractivity contribution in [3.05, 3.63) is 77.9 Å². The monoisotopic (exact) mass is 366 g/mol. The number of aromatic amines is 1. The normalized spacial score (nSPS) is 13.9. The third-order valence-electron chi connectivity index (χ3n) is 5.00. The Kier molecular flexibility index (Phi) is 5.75. The Bertz CT molecular complexity index is 873. The molecule has 2 N–H and O–H groups in total. The van der Waals surface area contributed by atoms with Gasteiger partial charge in [0.05, 0.1) is 18.2 Å². The zero-order valence-electron chi connectivity index (χ0n) is 16.1. The average molecular weight is 366 g/mol. The van der Waals surface area contributed by atoms with Gasteiger partial charge < -0.3 is 19.6 Å². The highest BCUT2D eigenvalue weighted by Gasteiger charge is 2.36. The Morgan fingerprint density at radius 1 is 1.04 bits per heavy atom. The summed E-state index contributed by atoms with van der Waals surface area (Å²) in [6.45, 7) is 3.99. The summed E-state index contributed by atoms with van der Waals surface area (Å²) >= 11 is 0. The number of H-pyrrole nitrogens is 1. The number of rotatable bonds is 7. The van der Waals surface area contributed by atoms with Gasteiger partial charge in [-0.2, -0.15) is 0 Å². The molecular formula is C22H26N2O3. The second-order valence-corrected chi connectivity index (χ2v) is 6.86. The zero-order valence-corrected chi connectivity index (χ0v) is 16.1. The molecule has 0 amide bonds. The van der Waals surface area contributed by atoms with Gasteiger partial charge in [0.15, 0.2) is 6.29 Å². The largest absolute Gasteiger partial charge is 0.379 e. The zero-order chi connectivity index (χ0) is 19.4. The van der Waals surface area contributed by atoms with Crippen molar-refractivity contribution in [3.63, 3.8) is 0 Å². The van der Waals surface area contributed by atoms with E-state index in [1.807, 2.05) is 62.4 Å². The molecule has 0 radical (unpaired) electrons. The molecule has 0 aliphatic heterocycles. The molecule has 0 aliphatic rings. The lowest BCUT2D eigenvalue weighted by Gasteiger charge is -2.32. The van der Waals surface area contributed by atoms with Crippen molar-refractivity contribution in [1.82, 2.24) is 9.97 Å². The minimum atomic E-state index is -1.16. The highest BCUT2D eigenvalue weighted by atomic mass is 16.7. The number of imidazole rings is 1. The summed E-state index contributed by atoms with van der Waals surface area (Å²) in [7, 11) is 3.24. The Hall–Kier alpha value is -2.47. The van der Waals surface area contributed by atoms with Gasteiger partial charge in [-0.15, -0.1) is 0 Å². The summed E-state index contributed by atoms with van der Waals surface area (Å²) < 4.78 is 10.9. The van der Waals surface area contributed by atoms with Crippen LogP contribution < -0.4 is 0 Å². The van der Waals surface area contributed by atoms with Crippen LogP contribution in [0.4, 0.5) is 0 Å².